The predicted octanol–water partition coefficient (Wildman–Crippen LogP) is 1.58. The number of carbonyl (C=O) groups excluding carboxylic acids is 2. The normalized spacial score (nSPS) is 48.3. The van der Waals surface area contributed by atoms with Gasteiger partial charge in [-0.15, -0.1) is 0 Å². The molecule has 0 spiro atoms. The molecular formula is C11H14O2. The summed E-state index contributed by atoms with van der Waals surface area (Å²) in [6, 6.07) is 0. The predicted molar refractivity (Wildman–Crippen MR) is 47.1 cm³/mol. The zero-order chi connectivity index (χ0) is 9.00. The second kappa shape index (κ2) is 2.43. The summed E-state index contributed by atoms with van der Waals surface area (Å²) in [5.74, 6) is 1.83. The molecule has 0 saturated heterocycles. The van der Waals surface area contributed by atoms with Crippen LogP contribution in [-0.4, -0.2) is 11.6 Å². The maximum Gasteiger partial charge on any atom is 0.140 e. The van der Waals surface area contributed by atoms with Crippen molar-refractivity contribution in [2.45, 2.75) is 32.1 Å². The van der Waals surface area contributed by atoms with Gasteiger partial charge in [0.05, 0.1) is 0 Å². The second-order valence-corrected chi connectivity index (χ2v) is 4.74. The summed E-state index contributed by atoms with van der Waals surface area (Å²) in [5.41, 5.74) is 0. The second-order valence-electron chi connectivity index (χ2n) is 4.74. The topological polar surface area (TPSA) is 34.1 Å². The molecule has 0 aromatic rings. The van der Waals surface area contributed by atoms with Gasteiger partial charge in [-0.25, -0.2) is 0 Å². The van der Waals surface area contributed by atoms with Gasteiger partial charge >= 0.3 is 0 Å². The van der Waals surface area contributed by atoms with Crippen molar-refractivity contribution >= 4 is 11.6 Å². The van der Waals surface area contributed by atoms with Crippen molar-refractivity contribution in [3.8, 4) is 0 Å². The highest BCUT2D eigenvalue weighted by Crippen LogP contribution is 2.54. The molecule has 70 valence electrons. The average Bonchev–Trinajstić information content (AvgIpc) is 2.57. The van der Waals surface area contributed by atoms with Crippen LogP contribution in [-0.2, 0) is 9.59 Å². The molecule has 4 bridgehead atoms. The lowest BCUT2D eigenvalue weighted by Gasteiger charge is -2.18. The fourth-order valence-electron chi connectivity index (χ4n) is 3.77. The lowest BCUT2D eigenvalue weighted by molar-refractivity contribution is -0.130. The largest absolute Gasteiger partial charge is 0.299 e. The first-order valence-electron chi connectivity index (χ1n) is 5.35. The molecule has 4 atom stereocenters. The molecule has 2 nitrogen and oxygen atoms in total. The van der Waals surface area contributed by atoms with Crippen LogP contribution in [0.1, 0.15) is 32.1 Å². The average molecular weight is 178 g/mol. The molecule has 3 saturated carbocycles. The van der Waals surface area contributed by atoms with Crippen molar-refractivity contribution in [2.24, 2.45) is 23.7 Å². The SMILES string of the molecule is O=C1CCC[C@@H]2C(=O)[C@H]3CC[C@@H]2[C@H]13. The fourth-order valence-corrected chi connectivity index (χ4v) is 3.77. The van der Waals surface area contributed by atoms with E-state index >= 15 is 0 Å². The third-order valence-corrected chi connectivity index (χ3v) is 4.26. The van der Waals surface area contributed by atoms with Gasteiger partial charge in [0.2, 0.25) is 0 Å². The summed E-state index contributed by atoms with van der Waals surface area (Å²) in [7, 11) is 0. The first-order chi connectivity index (χ1) is 6.29. The lowest BCUT2D eigenvalue weighted by atomic mass is 9.85. The van der Waals surface area contributed by atoms with E-state index in [1.165, 1.54) is 0 Å². The van der Waals surface area contributed by atoms with Gasteiger partial charge in [0.1, 0.15) is 11.6 Å². The number of Topliss-reactive ketones (excluding diaryl/α,β-unsaturated/α-hetero) is 2. The molecule has 0 radical (unpaired) electrons. The lowest BCUT2D eigenvalue weighted by Crippen LogP contribution is -2.23. The Morgan fingerprint density at radius 3 is 2.69 bits per heavy atom. The van der Waals surface area contributed by atoms with Gasteiger partial charge in [-0.1, -0.05) is 0 Å². The summed E-state index contributed by atoms with van der Waals surface area (Å²) >= 11 is 0. The van der Waals surface area contributed by atoms with Gasteiger partial charge in [-0.2, -0.15) is 0 Å². The Morgan fingerprint density at radius 2 is 1.85 bits per heavy atom. The summed E-state index contributed by atoms with van der Waals surface area (Å²) in [5, 5.41) is 0. The third-order valence-electron chi connectivity index (χ3n) is 4.26. The van der Waals surface area contributed by atoms with Gasteiger partial charge in [0, 0.05) is 24.2 Å². The van der Waals surface area contributed by atoms with Crippen molar-refractivity contribution in [2.75, 3.05) is 0 Å². The zero-order valence-electron chi connectivity index (χ0n) is 7.66. The summed E-state index contributed by atoms with van der Waals surface area (Å²) < 4.78 is 0. The number of hydrogen-bond acceptors (Lipinski definition) is 2. The molecule has 3 rings (SSSR count). The first-order valence-corrected chi connectivity index (χ1v) is 5.35. The van der Waals surface area contributed by atoms with E-state index in [4.69, 9.17) is 0 Å². The van der Waals surface area contributed by atoms with Gasteiger partial charge in [0.25, 0.3) is 0 Å². The molecule has 0 unspecified atom stereocenters. The van der Waals surface area contributed by atoms with E-state index in [1.807, 2.05) is 0 Å². The van der Waals surface area contributed by atoms with E-state index in [0.29, 0.717) is 17.5 Å². The smallest absolute Gasteiger partial charge is 0.140 e. The third kappa shape index (κ3) is 0.839. The van der Waals surface area contributed by atoms with E-state index < -0.39 is 0 Å². The van der Waals surface area contributed by atoms with Crippen molar-refractivity contribution in [3.63, 3.8) is 0 Å². The van der Waals surface area contributed by atoms with Crippen LogP contribution in [0.25, 0.3) is 0 Å². The van der Waals surface area contributed by atoms with Crippen LogP contribution in [0.2, 0.25) is 0 Å². The monoisotopic (exact) mass is 178 g/mol. The molecule has 0 amide bonds. The van der Waals surface area contributed by atoms with E-state index in [9.17, 15) is 9.59 Å². The summed E-state index contributed by atoms with van der Waals surface area (Å²) in [4.78, 5) is 23.5. The Labute approximate surface area is 77.7 Å². The Bertz CT molecular complexity index is 282. The molecule has 3 aliphatic carbocycles. The Balaban J connectivity index is 2.03. The molecular weight excluding hydrogens is 164 g/mol. The Morgan fingerprint density at radius 1 is 1.00 bits per heavy atom. The highest BCUT2D eigenvalue weighted by Gasteiger charge is 2.56. The minimum absolute atomic E-state index is 0.141. The number of rotatable bonds is 0. The molecule has 2 heteroatoms. The number of carbonyl (C=O) groups is 2. The van der Waals surface area contributed by atoms with Gasteiger partial charge in [-0.3, -0.25) is 9.59 Å². The van der Waals surface area contributed by atoms with Crippen molar-refractivity contribution < 1.29 is 9.59 Å². The maximum absolute atomic E-state index is 11.8. The molecule has 0 heterocycles. The summed E-state index contributed by atoms with van der Waals surface area (Å²) in [6.07, 6.45) is 4.81. The minimum atomic E-state index is 0.141. The van der Waals surface area contributed by atoms with E-state index in [-0.39, 0.29) is 17.8 Å². The van der Waals surface area contributed by atoms with Gasteiger partial charge in [-0.05, 0) is 31.6 Å². The highest BCUT2D eigenvalue weighted by atomic mass is 16.1. The van der Waals surface area contributed by atoms with Crippen molar-refractivity contribution in [1.82, 2.24) is 0 Å². The molecule has 3 fully saturated rings. The van der Waals surface area contributed by atoms with E-state index in [0.717, 1.165) is 32.1 Å². The molecule has 3 aliphatic rings. The van der Waals surface area contributed by atoms with Crippen LogP contribution in [0.4, 0.5) is 0 Å². The maximum atomic E-state index is 11.8. The molecule has 13 heavy (non-hydrogen) atoms. The van der Waals surface area contributed by atoms with E-state index in [1.54, 1.807) is 0 Å². The van der Waals surface area contributed by atoms with Crippen LogP contribution in [0.5, 0.6) is 0 Å². The van der Waals surface area contributed by atoms with Crippen LogP contribution < -0.4 is 0 Å². The molecule has 0 aliphatic heterocycles. The van der Waals surface area contributed by atoms with Crippen molar-refractivity contribution in [3.05, 3.63) is 0 Å². The van der Waals surface area contributed by atoms with Gasteiger partial charge in [0.15, 0.2) is 0 Å². The van der Waals surface area contributed by atoms with Crippen molar-refractivity contribution in [1.29, 1.82) is 0 Å². The number of ketones is 2. The van der Waals surface area contributed by atoms with Crippen LogP contribution in [0.15, 0.2) is 0 Å². The Hall–Kier alpha value is -0.660. The molecule has 0 aromatic carbocycles. The number of hydrogen-bond donors (Lipinski definition) is 0. The fraction of sp³-hybridized carbons (Fsp3) is 0.818. The van der Waals surface area contributed by atoms with Gasteiger partial charge < -0.3 is 0 Å². The summed E-state index contributed by atoms with van der Waals surface area (Å²) in [6.45, 7) is 0. The van der Waals surface area contributed by atoms with Crippen LogP contribution in [0, 0.1) is 23.7 Å². The Kier molecular flexibility index (Phi) is 1.44. The zero-order valence-corrected chi connectivity index (χ0v) is 7.66. The molecule has 0 aromatic heterocycles. The van der Waals surface area contributed by atoms with Crippen LogP contribution >= 0.6 is 0 Å². The minimum Gasteiger partial charge on any atom is -0.299 e. The van der Waals surface area contributed by atoms with E-state index in [2.05, 4.69) is 0 Å². The molecule has 0 N–H and O–H groups in total. The highest BCUT2D eigenvalue weighted by molar-refractivity contribution is 5.96. The van der Waals surface area contributed by atoms with Crippen LogP contribution in [0.3, 0.4) is 0 Å². The quantitative estimate of drug-likeness (QED) is 0.564. The standard InChI is InChI=1S/C11H14O2/c12-9-3-1-2-7-6-4-5-8(10(6)9)11(7)13/h6-8,10H,1-5H2/t6-,7-,8-,10-/m0/s1. The first kappa shape index (κ1) is 7.72.